The lowest BCUT2D eigenvalue weighted by Gasteiger charge is -2.04. The Balaban J connectivity index is 2.13. The highest BCUT2D eigenvalue weighted by molar-refractivity contribution is 5.70. The first-order chi connectivity index (χ1) is 9.54. The average Bonchev–Trinajstić information content (AvgIpc) is 2.39. The largest absolute Gasteiger partial charge is 0.481 e. The van der Waals surface area contributed by atoms with Gasteiger partial charge in [0.2, 0.25) is 0 Å². The minimum absolute atomic E-state index is 0.0527. The molecule has 0 radical (unpaired) electrons. The molecule has 0 aliphatic carbocycles. The zero-order valence-corrected chi connectivity index (χ0v) is 10.1. The second-order valence-electron chi connectivity index (χ2n) is 3.80. The molecule has 1 heterocycles. The maximum atomic E-state index is 10.6. The Morgan fingerprint density at radius 2 is 2.05 bits per heavy atom. The molecule has 0 aliphatic heterocycles. The van der Waals surface area contributed by atoms with Crippen LogP contribution in [0.3, 0.4) is 0 Å². The van der Waals surface area contributed by atoms with Gasteiger partial charge in [0.05, 0.1) is 11.3 Å². The third kappa shape index (κ3) is 3.48. The van der Waals surface area contributed by atoms with Crippen molar-refractivity contribution in [3.8, 4) is 11.8 Å². The van der Waals surface area contributed by atoms with Gasteiger partial charge >= 0.3 is 17.7 Å². The van der Waals surface area contributed by atoms with Crippen LogP contribution in [0.5, 0.6) is 11.8 Å². The van der Waals surface area contributed by atoms with E-state index in [2.05, 4.69) is 9.97 Å². The van der Waals surface area contributed by atoms with Gasteiger partial charge in [0.25, 0.3) is 0 Å². The fraction of sp³-hybridized carbons (Fsp3) is 0.0833. The van der Waals surface area contributed by atoms with Crippen LogP contribution in [0.1, 0.15) is 5.56 Å². The zero-order chi connectivity index (χ0) is 14.5. The van der Waals surface area contributed by atoms with Gasteiger partial charge in [-0.1, -0.05) is 12.1 Å². The summed E-state index contributed by atoms with van der Waals surface area (Å²) in [6.45, 7) is 0. The summed E-state index contributed by atoms with van der Waals surface area (Å²) in [6, 6.07) is 6.38. The number of carboxylic acid groups (broad SMARTS) is 1. The predicted molar refractivity (Wildman–Crippen MR) is 66.5 cm³/mol. The van der Waals surface area contributed by atoms with E-state index in [9.17, 15) is 14.9 Å². The highest BCUT2D eigenvalue weighted by atomic mass is 16.6. The Kier molecular flexibility index (Phi) is 3.85. The van der Waals surface area contributed by atoms with Crippen molar-refractivity contribution in [2.45, 2.75) is 6.42 Å². The molecule has 0 aliphatic rings. The number of aromatic nitrogens is 2. The van der Waals surface area contributed by atoms with Gasteiger partial charge in [-0.3, -0.25) is 14.9 Å². The minimum Gasteiger partial charge on any atom is -0.481 e. The van der Waals surface area contributed by atoms with Crippen LogP contribution in [0.2, 0.25) is 0 Å². The summed E-state index contributed by atoms with van der Waals surface area (Å²) in [5.74, 6) is -0.591. The number of ether oxygens (including phenoxy) is 1. The number of rotatable bonds is 5. The third-order valence-corrected chi connectivity index (χ3v) is 2.29. The van der Waals surface area contributed by atoms with Gasteiger partial charge in [0.15, 0.2) is 0 Å². The van der Waals surface area contributed by atoms with Crippen molar-refractivity contribution in [1.29, 1.82) is 0 Å². The number of hydrogen-bond acceptors (Lipinski definition) is 6. The Labute approximate surface area is 112 Å². The summed E-state index contributed by atoms with van der Waals surface area (Å²) < 4.78 is 5.30. The molecule has 0 spiro atoms. The Morgan fingerprint density at radius 1 is 1.35 bits per heavy atom. The van der Waals surface area contributed by atoms with Crippen molar-refractivity contribution in [3.63, 3.8) is 0 Å². The molecule has 2 aromatic rings. The first-order valence-corrected chi connectivity index (χ1v) is 5.49. The van der Waals surface area contributed by atoms with Gasteiger partial charge in [-0.2, -0.15) is 9.97 Å². The minimum atomic E-state index is -0.950. The average molecular weight is 275 g/mol. The predicted octanol–water partition coefficient (Wildman–Crippen LogP) is 1.80. The number of carbonyl (C=O) groups is 1. The summed E-state index contributed by atoms with van der Waals surface area (Å²) in [5.41, 5.74) is 0.328. The Hall–Kier alpha value is -3.03. The van der Waals surface area contributed by atoms with Gasteiger partial charge < -0.3 is 9.84 Å². The molecule has 1 N–H and O–H groups in total. The van der Waals surface area contributed by atoms with Crippen molar-refractivity contribution in [3.05, 3.63) is 52.3 Å². The van der Waals surface area contributed by atoms with Crippen molar-refractivity contribution >= 4 is 11.7 Å². The molecule has 0 saturated carbocycles. The van der Waals surface area contributed by atoms with Crippen molar-refractivity contribution < 1.29 is 19.6 Å². The number of carboxylic acids is 1. The summed E-state index contributed by atoms with van der Waals surface area (Å²) >= 11 is 0. The SMILES string of the molecule is O=C(O)Cc1cccc(Oc2ncc([N+](=O)[O-])cn2)c1. The molecule has 0 atom stereocenters. The molecular formula is C12H9N3O5. The van der Waals surface area contributed by atoms with E-state index in [1.807, 2.05) is 0 Å². The number of aliphatic carboxylic acids is 1. The quantitative estimate of drug-likeness (QED) is 0.653. The van der Waals surface area contributed by atoms with Crippen molar-refractivity contribution in [2.24, 2.45) is 0 Å². The van der Waals surface area contributed by atoms with E-state index in [1.165, 1.54) is 0 Å². The molecule has 1 aromatic carbocycles. The number of hydrogen-bond donors (Lipinski definition) is 1. The summed E-state index contributed by atoms with van der Waals surface area (Å²) in [5, 5.41) is 19.1. The lowest BCUT2D eigenvalue weighted by atomic mass is 10.1. The number of nitro groups is 1. The van der Waals surface area contributed by atoms with Crippen LogP contribution in [0, 0.1) is 10.1 Å². The van der Waals surface area contributed by atoms with Gasteiger partial charge in [0, 0.05) is 0 Å². The second-order valence-corrected chi connectivity index (χ2v) is 3.80. The molecular weight excluding hydrogens is 266 g/mol. The molecule has 1 aromatic heterocycles. The molecule has 0 fully saturated rings. The third-order valence-electron chi connectivity index (χ3n) is 2.29. The van der Waals surface area contributed by atoms with E-state index in [1.54, 1.807) is 24.3 Å². The molecule has 0 unspecified atom stereocenters. The molecule has 2 rings (SSSR count). The molecule has 0 amide bonds. The van der Waals surface area contributed by atoms with E-state index < -0.39 is 10.9 Å². The van der Waals surface area contributed by atoms with Crippen LogP contribution >= 0.6 is 0 Å². The smallest absolute Gasteiger partial charge is 0.322 e. The zero-order valence-electron chi connectivity index (χ0n) is 10.1. The van der Waals surface area contributed by atoms with Crippen LogP contribution in [-0.4, -0.2) is 26.0 Å². The first-order valence-electron chi connectivity index (χ1n) is 5.49. The van der Waals surface area contributed by atoms with Crippen LogP contribution in [0.15, 0.2) is 36.7 Å². The molecule has 8 nitrogen and oxygen atoms in total. The van der Waals surface area contributed by atoms with E-state index in [0.717, 1.165) is 12.4 Å². The highest BCUT2D eigenvalue weighted by Gasteiger charge is 2.08. The Morgan fingerprint density at radius 3 is 2.65 bits per heavy atom. The van der Waals surface area contributed by atoms with Gasteiger partial charge in [-0.15, -0.1) is 0 Å². The van der Waals surface area contributed by atoms with E-state index in [-0.39, 0.29) is 18.1 Å². The normalized spacial score (nSPS) is 10.0. The van der Waals surface area contributed by atoms with Gasteiger partial charge in [-0.25, -0.2) is 0 Å². The standard InChI is InChI=1S/C12H9N3O5/c16-11(17)5-8-2-1-3-10(4-8)20-12-13-6-9(7-14-12)15(18)19/h1-4,6-7H,5H2,(H,16,17). The summed E-state index contributed by atoms with van der Waals surface area (Å²) in [4.78, 5) is 27.8. The Bertz CT molecular complexity index is 642. The molecule has 8 heteroatoms. The highest BCUT2D eigenvalue weighted by Crippen LogP contribution is 2.20. The van der Waals surface area contributed by atoms with Gasteiger partial charge in [0.1, 0.15) is 18.1 Å². The van der Waals surface area contributed by atoms with Crippen LogP contribution in [0.4, 0.5) is 5.69 Å². The topological polar surface area (TPSA) is 115 Å². The van der Waals surface area contributed by atoms with Crippen LogP contribution in [-0.2, 0) is 11.2 Å². The molecule has 0 saturated heterocycles. The first kappa shape index (κ1) is 13.4. The van der Waals surface area contributed by atoms with E-state index in [0.29, 0.717) is 11.3 Å². The number of benzene rings is 1. The fourth-order valence-electron chi connectivity index (χ4n) is 1.46. The lowest BCUT2D eigenvalue weighted by Crippen LogP contribution is -2.00. The van der Waals surface area contributed by atoms with Crippen LogP contribution in [0.25, 0.3) is 0 Å². The summed E-state index contributed by atoms with van der Waals surface area (Å²) in [7, 11) is 0. The maximum Gasteiger partial charge on any atom is 0.322 e. The molecule has 0 bridgehead atoms. The summed E-state index contributed by atoms with van der Waals surface area (Å²) in [6.07, 6.45) is 1.94. The van der Waals surface area contributed by atoms with Crippen molar-refractivity contribution in [2.75, 3.05) is 0 Å². The maximum absolute atomic E-state index is 10.6. The molecule has 20 heavy (non-hydrogen) atoms. The molecule has 102 valence electrons. The second kappa shape index (κ2) is 5.74. The van der Waals surface area contributed by atoms with E-state index >= 15 is 0 Å². The van der Waals surface area contributed by atoms with Crippen LogP contribution < -0.4 is 4.74 Å². The van der Waals surface area contributed by atoms with E-state index in [4.69, 9.17) is 9.84 Å². The van der Waals surface area contributed by atoms with Gasteiger partial charge in [-0.05, 0) is 17.7 Å². The van der Waals surface area contributed by atoms with Crippen molar-refractivity contribution in [1.82, 2.24) is 9.97 Å². The monoisotopic (exact) mass is 275 g/mol. The number of nitrogens with zero attached hydrogens (tertiary/aromatic N) is 3. The fourth-order valence-corrected chi connectivity index (χ4v) is 1.46. The lowest BCUT2D eigenvalue weighted by molar-refractivity contribution is -0.385.